The van der Waals surface area contributed by atoms with E-state index in [1.54, 1.807) is 11.8 Å². The van der Waals surface area contributed by atoms with Crippen molar-refractivity contribution in [3.8, 4) is 0 Å². The van der Waals surface area contributed by atoms with Gasteiger partial charge in [0.2, 0.25) is 0 Å². The number of hydrogen-bond acceptors (Lipinski definition) is 6. The quantitative estimate of drug-likeness (QED) is 0.810. The van der Waals surface area contributed by atoms with Crippen molar-refractivity contribution in [3.63, 3.8) is 0 Å². The van der Waals surface area contributed by atoms with Gasteiger partial charge in [0.15, 0.2) is 5.16 Å². The molecule has 2 N–H and O–H groups in total. The molecule has 0 aliphatic carbocycles. The van der Waals surface area contributed by atoms with E-state index in [4.69, 9.17) is 10.3 Å². The van der Waals surface area contributed by atoms with Gasteiger partial charge in [-0.2, -0.15) is 0 Å². The Morgan fingerprint density at radius 1 is 1.47 bits per heavy atom. The van der Waals surface area contributed by atoms with Crippen LogP contribution in [-0.2, 0) is 18.8 Å². The summed E-state index contributed by atoms with van der Waals surface area (Å²) in [4.78, 5) is 0. The second-order valence-corrected chi connectivity index (χ2v) is 4.51. The van der Waals surface area contributed by atoms with Gasteiger partial charge in [-0.3, -0.25) is 0 Å². The second kappa shape index (κ2) is 5.33. The van der Waals surface area contributed by atoms with Gasteiger partial charge in [-0.25, -0.2) is 0 Å². The van der Waals surface area contributed by atoms with Gasteiger partial charge < -0.3 is 14.8 Å². The van der Waals surface area contributed by atoms with E-state index < -0.39 is 0 Å². The number of rotatable bonds is 5. The molecule has 0 spiro atoms. The zero-order valence-corrected chi connectivity index (χ0v) is 10.7. The van der Waals surface area contributed by atoms with Gasteiger partial charge in [0, 0.05) is 12.6 Å². The highest BCUT2D eigenvalue weighted by Crippen LogP contribution is 2.22. The van der Waals surface area contributed by atoms with Crippen LogP contribution in [-0.4, -0.2) is 19.9 Å². The summed E-state index contributed by atoms with van der Waals surface area (Å²) in [5.41, 5.74) is 6.48. The van der Waals surface area contributed by atoms with Crippen molar-refractivity contribution in [2.75, 3.05) is 0 Å². The van der Waals surface area contributed by atoms with Crippen LogP contribution in [0.1, 0.15) is 24.2 Å². The summed E-state index contributed by atoms with van der Waals surface area (Å²) in [5, 5.41) is 12.9. The molecule has 2 rings (SSSR count). The maximum Gasteiger partial charge on any atom is 0.191 e. The Morgan fingerprint density at radius 3 is 2.88 bits per heavy atom. The van der Waals surface area contributed by atoms with Crippen molar-refractivity contribution >= 4 is 11.8 Å². The molecule has 2 heterocycles. The fourth-order valence-corrected chi connectivity index (χ4v) is 2.41. The van der Waals surface area contributed by atoms with Crippen LogP contribution in [0.25, 0.3) is 0 Å². The van der Waals surface area contributed by atoms with E-state index in [0.717, 1.165) is 29.0 Å². The third-order valence-electron chi connectivity index (χ3n) is 2.31. The number of thioether (sulfide) groups is 1. The van der Waals surface area contributed by atoms with Crippen molar-refractivity contribution in [2.45, 2.75) is 37.8 Å². The first-order chi connectivity index (χ1) is 8.24. The standard InChI is InChI=1S/C10H15N5OS/c1-3-15-9(5-11)12-13-10(15)17-6-8-4-7(2)14-16-8/h4H,3,5-6,11H2,1-2H3. The summed E-state index contributed by atoms with van der Waals surface area (Å²) in [6.45, 7) is 5.17. The van der Waals surface area contributed by atoms with E-state index in [9.17, 15) is 0 Å². The topological polar surface area (TPSA) is 82.8 Å². The highest BCUT2D eigenvalue weighted by Gasteiger charge is 2.11. The van der Waals surface area contributed by atoms with E-state index in [1.165, 1.54) is 0 Å². The van der Waals surface area contributed by atoms with Crippen LogP contribution in [0, 0.1) is 6.92 Å². The van der Waals surface area contributed by atoms with Gasteiger partial charge in [0.1, 0.15) is 11.6 Å². The number of aromatic nitrogens is 4. The molecular weight excluding hydrogens is 238 g/mol. The first-order valence-corrected chi connectivity index (χ1v) is 6.40. The first-order valence-electron chi connectivity index (χ1n) is 5.41. The first kappa shape index (κ1) is 12.1. The van der Waals surface area contributed by atoms with Gasteiger partial charge in [-0.15, -0.1) is 10.2 Å². The van der Waals surface area contributed by atoms with Crippen LogP contribution in [0.3, 0.4) is 0 Å². The molecule has 6 nitrogen and oxygen atoms in total. The Bertz CT molecular complexity index is 493. The van der Waals surface area contributed by atoms with Crippen LogP contribution in [0.4, 0.5) is 0 Å². The summed E-state index contributed by atoms with van der Waals surface area (Å²) < 4.78 is 7.15. The lowest BCUT2D eigenvalue weighted by Gasteiger charge is -2.04. The fraction of sp³-hybridized carbons (Fsp3) is 0.500. The average Bonchev–Trinajstić information content (AvgIpc) is 2.91. The lowest BCUT2D eigenvalue weighted by molar-refractivity contribution is 0.391. The van der Waals surface area contributed by atoms with Crippen LogP contribution >= 0.6 is 11.8 Å². The predicted molar refractivity (Wildman–Crippen MR) is 64.4 cm³/mol. The van der Waals surface area contributed by atoms with Crippen LogP contribution in [0.15, 0.2) is 15.7 Å². The van der Waals surface area contributed by atoms with E-state index in [0.29, 0.717) is 12.3 Å². The number of hydrogen-bond donors (Lipinski definition) is 1. The Morgan fingerprint density at radius 2 is 2.29 bits per heavy atom. The Hall–Kier alpha value is -1.34. The molecule has 0 saturated carbocycles. The van der Waals surface area contributed by atoms with E-state index in [2.05, 4.69) is 15.4 Å². The average molecular weight is 253 g/mol. The molecule has 0 bridgehead atoms. The van der Waals surface area contributed by atoms with Gasteiger partial charge >= 0.3 is 0 Å². The molecule has 0 saturated heterocycles. The smallest absolute Gasteiger partial charge is 0.191 e. The molecule has 0 fully saturated rings. The molecule has 0 aliphatic heterocycles. The highest BCUT2D eigenvalue weighted by atomic mass is 32.2. The van der Waals surface area contributed by atoms with Crippen molar-refractivity contribution in [1.29, 1.82) is 0 Å². The summed E-state index contributed by atoms with van der Waals surface area (Å²) >= 11 is 1.57. The molecule has 0 aliphatic rings. The zero-order chi connectivity index (χ0) is 12.3. The van der Waals surface area contributed by atoms with Crippen molar-refractivity contribution < 1.29 is 4.52 Å². The molecule has 0 unspecified atom stereocenters. The van der Waals surface area contributed by atoms with E-state index in [1.807, 2.05) is 24.5 Å². The maximum atomic E-state index is 5.59. The monoisotopic (exact) mass is 253 g/mol. The summed E-state index contributed by atoms with van der Waals surface area (Å²) in [6.07, 6.45) is 0. The molecular formula is C10H15N5OS. The van der Waals surface area contributed by atoms with Gasteiger partial charge in [0.05, 0.1) is 18.0 Å². The Balaban J connectivity index is 2.06. The lowest BCUT2D eigenvalue weighted by Crippen LogP contribution is -2.07. The minimum absolute atomic E-state index is 0.406. The van der Waals surface area contributed by atoms with Gasteiger partial charge in [-0.05, 0) is 13.8 Å². The second-order valence-electron chi connectivity index (χ2n) is 3.57. The molecule has 17 heavy (non-hydrogen) atoms. The largest absolute Gasteiger partial charge is 0.360 e. The SMILES string of the molecule is CCn1c(CN)nnc1SCc1cc(C)no1. The molecule has 92 valence electrons. The van der Waals surface area contributed by atoms with E-state index in [-0.39, 0.29) is 0 Å². The number of nitrogens with zero attached hydrogens (tertiary/aromatic N) is 4. The van der Waals surface area contributed by atoms with Gasteiger partial charge in [-0.1, -0.05) is 16.9 Å². The van der Waals surface area contributed by atoms with Crippen LogP contribution in [0.2, 0.25) is 0 Å². The fourth-order valence-electron chi connectivity index (χ4n) is 1.51. The molecule has 0 aromatic carbocycles. The molecule has 2 aromatic heterocycles. The summed E-state index contributed by atoms with van der Waals surface area (Å²) in [6, 6.07) is 1.92. The lowest BCUT2D eigenvalue weighted by atomic mass is 10.4. The minimum atomic E-state index is 0.406. The Kier molecular flexibility index (Phi) is 3.80. The molecule has 7 heteroatoms. The van der Waals surface area contributed by atoms with Gasteiger partial charge in [0.25, 0.3) is 0 Å². The van der Waals surface area contributed by atoms with E-state index >= 15 is 0 Å². The number of nitrogens with two attached hydrogens (primary N) is 1. The van der Waals surface area contributed by atoms with Crippen molar-refractivity contribution in [2.24, 2.45) is 5.73 Å². The molecule has 0 atom stereocenters. The summed E-state index contributed by atoms with van der Waals surface area (Å²) in [5.74, 6) is 2.35. The third-order valence-corrected chi connectivity index (χ3v) is 3.30. The normalized spacial score (nSPS) is 11.0. The minimum Gasteiger partial charge on any atom is -0.360 e. The third kappa shape index (κ3) is 2.67. The highest BCUT2D eigenvalue weighted by molar-refractivity contribution is 7.98. The van der Waals surface area contributed by atoms with Crippen LogP contribution < -0.4 is 5.73 Å². The van der Waals surface area contributed by atoms with Crippen LogP contribution in [0.5, 0.6) is 0 Å². The zero-order valence-electron chi connectivity index (χ0n) is 9.88. The molecule has 2 aromatic rings. The maximum absolute atomic E-state index is 5.59. The summed E-state index contributed by atoms with van der Waals surface area (Å²) in [7, 11) is 0. The van der Waals surface area contributed by atoms with Crippen molar-refractivity contribution in [1.82, 2.24) is 19.9 Å². The molecule has 0 amide bonds. The Labute approximate surface area is 104 Å². The predicted octanol–water partition coefficient (Wildman–Crippen LogP) is 1.35. The van der Waals surface area contributed by atoms with Crippen molar-refractivity contribution in [3.05, 3.63) is 23.3 Å². The molecule has 0 radical (unpaired) electrons. The number of aryl methyl sites for hydroxylation is 1.